The summed E-state index contributed by atoms with van der Waals surface area (Å²) in [5.41, 5.74) is 1.13. The molecule has 0 saturated heterocycles. The maximum absolute atomic E-state index is 12.2. The first-order valence-electron chi connectivity index (χ1n) is 8.26. The Morgan fingerprint density at radius 2 is 1.64 bits per heavy atom. The molecule has 1 atom stereocenters. The van der Waals surface area contributed by atoms with Gasteiger partial charge in [-0.25, -0.2) is 4.79 Å². The largest absolute Gasteiger partial charge is 0.480 e. The van der Waals surface area contributed by atoms with Crippen molar-refractivity contribution in [3.05, 3.63) is 90.5 Å². The third-order valence-corrected chi connectivity index (χ3v) is 3.95. The van der Waals surface area contributed by atoms with Crippen molar-refractivity contribution in [1.82, 2.24) is 0 Å². The lowest BCUT2D eigenvalue weighted by Crippen LogP contribution is -2.18. The molecule has 0 N–H and O–H groups in total. The molecule has 3 aromatic rings. The van der Waals surface area contributed by atoms with Crippen LogP contribution in [0.5, 0.6) is 5.75 Å². The van der Waals surface area contributed by atoms with Gasteiger partial charge in [0.1, 0.15) is 5.75 Å². The molecule has 0 saturated carbocycles. The molecule has 0 aromatic heterocycles. The molecule has 0 spiro atoms. The minimum absolute atomic E-state index is 0.279. The quantitative estimate of drug-likeness (QED) is 0.466. The summed E-state index contributed by atoms with van der Waals surface area (Å²) >= 11 is 0. The number of rotatable bonds is 6. The summed E-state index contributed by atoms with van der Waals surface area (Å²) in [6.07, 6.45) is -0.606. The Morgan fingerprint density at radius 3 is 2.40 bits per heavy atom. The normalized spacial score (nSPS) is 11.7. The first-order chi connectivity index (χ1) is 12.2. The standard InChI is InChI=1S/C22H20O3/c1-3-24-22(23)16(2)21(18-11-5-4-6-12-18)25-20-15-9-13-17-10-7-8-14-19(17)20/h4-15,21H,2-3H2,1H3. The molecule has 3 aromatic carbocycles. The van der Waals surface area contributed by atoms with Crippen LogP contribution in [0.2, 0.25) is 0 Å². The average molecular weight is 332 g/mol. The van der Waals surface area contributed by atoms with Gasteiger partial charge in [0.05, 0.1) is 12.2 Å². The van der Waals surface area contributed by atoms with Crippen molar-refractivity contribution in [2.24, 2.45) is 0 Å². The van der Waals surface area contributed by atoms with E-state index < -0.39 is 12.1 Å². The van der Waals surface area contributed by atoms with Gasteiger partial charge in [0, 0.05) is 5.39 Å². The molecule has 1 unspecified atom stereocenters. The number of carbonyl (C=O) groups excluding carboxylic acids is 1. The van der Waals surface area contributed by atoms with Crippen LogP contribution in [0.1, 0.15) is 18.6 Å². The topological polar surface area (TPSA) is 35.5 Å². The fraction of sp³-hybridized carbons (Fsp3) is 0.136. The minimum Gasteiger partial charge on any atom is -0.480 e. The molecule has 0 aliphatic carbocycles. The lowest BCUT2D eigenvalue weighted by atomic mass is 10.0. The number of hydrogen-bond donors (Lipinski definition) is 0. The van der Waals surface area contributed by atoms with E-state index in [9.17, 15) is 4.79 Å². The molecule has 0 heterocycles. The summed E-state index contributed by atoms with van der Waals surface area (Å²) in [7, 11) is 0. The van der Waals surface area contributed by atoms with Gasteiger partial charge in [0.15, 0.2) is 6.10 Å². The van der Waals surface area contributed by atoms with Gasteiger partial charge in [-0.2, -0.15) is 0 Å². The number of carbonyl (C=O) groups is 1. The maximum atomic E-state index is 12.2. The fourth-order valence-corrected chi connectivity index (χ4v) is 2.72. The van der Waals surface area contributed by atoms with Crippen LogP contribution >= 0.6 is 0 Å². The van der Waals surface area contributed by atoms with E-state index in [1.54, 1.807) is 6.92 Å². The smallest absolute Gasteiger partial charge is 0.337 e. The zero-order valence-corrected chi connectivity index (χ0v) is 14.1. The van der Waals surface area contributed by atoms with Crippen molar-refractivity contribution >= 4 is 16.7 Å². The van der Waals surface area contributed by atoms with Gasteiger partial charge in [-0.15, -0.1) is 0 Å². The van der Waals surface area contributed by atoms with Crippen LogP contribution in [0.4, 0.5) is 0 Å². The van der Waals surface area contributed by atoms with Gasteiger partial charge < -0.3 is 9.47 Å². The van der Waals surface area contributed by atoms with Crippen LogP contribution < -0.4 is 4.74 Å². The third-order valence-electron chi connectivity index (χ3n) is 3.95. The molecule has 0 aliphatic heterocycles. The molecule has 0 radical (unpaired) electrons. The predicted octanol–water partition coefficient (Wildman–Crippen LogP) is 5.08. The van der Waals surface area contributed by atoms with Crippen molar-refractivity contribution in [2.45, 2.75) is 13.0 Å². The highest BCUT2D eigenvalue weighted by atomic mass is 16.5. The van der Waals surface area contributed by atoms with Gasteiger partial charge in [-0.1, -0.05) is 73.3 Å². The highest BCUT2D eigenvalue weighted by Gasteiger charge is 2.24. The van der Waals surface area contributed by atoms with E-state index in [-0.39, 0.29) is 5.57 Å². The minimum atomic E-state index is -0.606. The Balaban J connectivity index is 2.00. The van der Waals surface area contributed by atoms with Gasteiger partial charge in [0.25, 0.3) is 0 Å². The van der Waals surface area contributed by atoms with Crippen LogP contribution in [0.15, 0.2) is 84.9 Å². The molecule has 0 aliphatic rings. The van der Waals surface area contributed by atoms with Crippen molar-refractivity contribution < 1.29 is 14.3 Å². The summed E-state index contributed by atoms with van der Waals surface area (Å²) in [4.78, 5) is 12.2. The van der Waals surface area contributed by atoms with Crippen LogP contribution in [0, 0.1) is 0 Å². The molecular formula is C22H20O3. The second-order valence-corrected chi connectivity index (χ2v) is 5.63. The van der Waals surface area contributed by atoms with E-state index in [1.807, 2.05) is 72.8 Å². The van der Waals surface area contributed by atoms with E-state index in [2.05, 4.69) is 6.58 Å². The molecule has 3 heteroatoms. The molecule has 3 rings (SSSR count). The summed E-state index contributed by atoms with van der Waals surface area (Å²) < 4.78 is 11.4. The molecule has 3 nitrogen and oxygen atoms in total. The van der Waals surface area contributed by atoms with Crippen molar-refractivity contribution in [3.63, 3.8) is 0 Å². The first kappa shape index (κ1) is 16.8. The lowest BCUT2D eigenvalue weighted by Gasteiger charge is -2.22. The maximum Gasteiger partial charge on any atom is 0.337 e. The Morgan fingerprint density at radius 1 is 0.960 bits per heavy atom. The Hall–Kier alpha value is -3.07. The zero-order valence-electron chi connectivity index (χ0n) is 14.1. The Bertz CT molecular complexity index is 879. The molecule has 126 valence electrons. The number of benzene rings is 3. The summed E-state index contributed by atoms with van der Waals surface area (Å²) in [6, 6.07) is 23.4. The van der Waals surface area contributed by atoms with Crippen LogP contribution in [0.25, 0.3) is 10.8 Å². The van der Waals surface area contributed by atoms with E-state index >= 15 is 0 Å². The molecular weight excluding hydrogens is 312 g/mol. The Labute approximate surface area is 147 Å². The lowest BCUT2D eigenvalue weighted by molar-refractivity contribution is -0.139. The van der Waals surface area contributed by atoms with E-state index in [0.29, 0.717) is 12.4 Å². The fourth-order valence-electron chi connectivity index (χ4n) is 2.72. The second-order valence-electron chi connectivity index (χ2n) is 5.63. The average Bonchev–Trinajstić information content (AvgIpc) is 2.66. The third kappa shape index (κ3) is 3.72. The van der Waals surface area contributed by atoms with Crippen LogP contribution in [-0.4, -0.2) is 12.6 Å². The van der Waals surface area contributed by atoms with E-state index in [4.69, 9.17) is 9.47 Å². The number of ether oxygens (including phenoxy) is 2. The summed E-state index contributed by atoms with van der Waals surface area (Å²) in [5, 5.41) is 2.07. The Kier molecular flexibility index (Phi) is 5.14. The van der Waals surface area contributed by atoms with Crippen LogP contribution in [-0.2, 0) is 9.53 Å². The predicted molar refractivity (Wildman–Crippen MR) is 99.5 cm³/mol. The van der Waals surface area contributed by atoms with Crippen molar-refractivity contribution in [3.8, 4) is 5.75 Å². The number of esters is 1. The molecule has 0 amide bonds. The van der Waals surface area contributed by atoms with Crippen molar-refractivity contribution in [1.29, 1.82) is 0 Å². The van der Waals surface area contributed by atoms with E-state index in [1.165, 1.54) is 0 Å². The number of hydrogen-bond acceptors (Lipinski definition) is 3. The van der Waals surface area contributed by atoms with Crippen molar-refractivity contribution in [2.75, 3.05) is 6.61 Å². The second kappa shape index (κ2) is 7.67. The summed E-state index contributed by atoms with van der Waals surface area (Å²) in [6.45, 7) is 6.00. The molecule has 0 fully saturated rings. The van der Waals surface area contributed by atoms with Gasteiger partial charge in [-0.05, 0) is 23.9 Å². The first-order valence-corrected chi connectivity index (χ1v) is 8.26. The highest BCUT2D eigenvalue weighted by Crippen LogP contribution is 2.33. The van der Waals surface area contributed by atoms with Gasteiger partial charge in [-0.3, -0.25) is 0 Å². The monoisotopic (exact) mass is 332 g/mol. The van der Waals surface area contributed by atoms with Gasteiger partial charge in [0.2, 0.25) is 0 Å². The number of fused-ring (bicyclic) bond motifs is 1. The highest BCUT2D eigenvalue weighted by molar-refractivity contribution is 5.90. The van der Waals surface area contributed by atoms with E-state index in [0.717, 1.165) is 16.3 Å². The molecule has 0 bridgehead atoms. The SMILES string of the molecule is C=C(C(=O)OCC)C(Oc1cccc2ccccc12)c1ccccc1. The van der Waals surface area contributed by atoms with Gasteiger partial charge >= 0.3 is 5.97 Å². The zero-order chi connectivity index (χ0) is 17.6. The summed E-state index contributed by atoms with van der Waals surface area (Å²) in [5.74, 6) is 0.258. The molecule has 25 heavy (non-hydrogen) atoms. The van der Waals surface area contributed by atoms with Crippen LogP contribution in [0.3, 0.4) is 0 Å².